The first-order valence-corrected chi connectivity index (χ1v) is 7.45. The van der Waals surface area contributed by atoms with E-state index in [2.05, 4.69) is 4.74 Å². The van der Waals surface area contributed by atoms with Crippen LogP contribution in [0, 0.1) is 5.82 Å². The molecule has 0 bridgehead atoms. The van der Waals surface area contributed by atoms with Crippen LogP contribution in [0.25, 0.3) is 0 Å². The molecular formula is C16H24F4O2. The average Bonchev–Trinajstić information content (AvgIpc) is 2.53. The van der Waals surface area contributed by atoms with E-state index < -0.39 is 12.2 Å². The summed E-state index contributed by atoms with van der Waals surface area (Å²) in [5.41, 5.74) is 0.344. The summed E-state index contributed by atoms with van der Waals surface area (Å²) in [7, 11) is 1.00. The van der Waals surface area contributed by atoms with Gasteiger partial charge >= 0.3 is 6.36 Å². The van der Waals surface area contributed by atoms with Crippen LogP contribution in [0.4, 0.5) is 17.6 Å². The lowest BCUT2D eigenvalue weighted by molar-refractivity contribution is -0.274. The summed E-state index contributed by atoms with van der Waals surface area (Å²) in [5, 5.41) is 7.00. The first kappa shape index (κ1) is 20.7. The van der Waals surface area contributed by atoms with E-state index in [9.17, 15) is 17.6 Å². The van der Waals surface area contributed by atoms with E-state index in [0.717, 1.165) is 51.3 Å². The summed E-state index contributed by atoms with van der Waals surface area (Å²) < 4.78 is 53.8. The molecule has 0 aliphatic heterocycles. The van der Waals surface area contributed by atoms with Crippen molar-refractivity contribution in [1.29, 1.82) is 0 Å². The Kier molecular flexibility index (Phi) is 9.81. The second-order valence-electron chi connectivity index (χ2n) is 4.57. The number of alkyl halides is 3. The summed E-state index contributed by atoms with van der Waals surface area (Å²) in [5.74, 6) is -0.781. The lowest BCUT2D eigenvalue weighted by Crippen LogP contribution is -2.17. The third-order valence-electron chi connectivity index (χ3n) is 3.25. The zero-order valence-corrected chi connectivity index (χ0v) is 13.2. The minimum atomic E-state index is -4.73. The molecule has 0 amide bonds. The number of benzene rings is 1. The second kappa shape index (κ2) is 10.4. The number of hydrogen-bond donors (Lipinski definition) is 1. The molecule has 1 aliphatic carbocycles. The van der Waals surface area contributed by atoms with E-state index in [1.54, 1.807) is 0 Å². The van der Waals surface area contributed by atoms with E-state index in [0.29, 0.717) is 5.56 Å². The molecule has 1 N–H and O–H groups in total. The van der Waals surface area contributed by atoms with Crippen molar-refractivity contribution in [3.05, 3.63) is 29.6 Å². The summed E-state index contributed by atoms with van der Waals surface area (Å²) in [4.78, 5) is 0. The van der Waals surface area contributed by atoms with Gasteiger partial charge < -0.3 is 9.84 Å². The Morgan fingerprint density at radius 2 is 1.59 bits per heavy atom. The van der Waals surface area contributed by atoms with Crippen molar-refractivity contribution in [1.82, 2.24) is 0 Å². The third-order valence-corrected chi connectivity index (χ3v) is 3.25. The van der Waals surface area contributed by atoms with E-state index >= 15 is 0 Å². The number of hydrogen-bond acceptors (Lipinski definition) is 2. The Hall–Kier alpha value is -1.30. The molecule has 0 unspecified atom stereocenters. The highest BCUT2D eigenvalue weighted by molar-refractivity contribution is 5.32. The maximum atomic E-state index is 13.7. The molecule has 0 atom stereocenters. The molecule has 0 radical (unpaired) electrons. The zero-order valence-electron chi connectivity index (χ0n) is 13.2. The van der Waals surface area contributed by atoms with Gasteiger partial charge in [0.25, 0.3) is 0 Å². The molecule has 1 saturated carbocycles. The Morgan fingerprint density at radius 1 is 1.05 bits per heavy atom. The van der Waals surface area contributed by atoms with E-state index in [1.807, 2.05) is 13.8 Å². The van der Waals surface area contributed by atoms with Gasteiger partial charge in [-0.1, -0.05) is 33.1 Å². The van der Waals surface area contributed by atoms with E-state index in [4.69, 9.17) is 5.11 Å². The first-order valence-electron chi connectivity index (χ1n) is 7.45. The standard InChI is InChI=1S/C13H14F4O.C2H6.CH4O/c14-12-7-6-10(18-13(15,16)17)8-11(12)9-4-2-1-3-5-9;2*1-2/h6-9H,1-5H2;1-2H3;2H,1H3. The fraction of sp³-hybridized carbons (Fsp3) is 0.625. The lowest BCUT2D eigenvalue weighted by Gasteiger charge is -2.23. The van der Waals surface area contributed by atoms with Gasteiger partial charge in [0.15, 0.2) is 0 Å². The van der Waals surface area contributed by atoms with Crippen LogP contribution in [-0.2, 0) is 0 Å². The number of halogens is 4. The van der Waals surface area contributed by atoms with Crippen LogP contribution in [0.1, 0.15) is 57.4 Å². The van der Waals surface area contributed by atoms with Gasteiger partial charge in [-0.3, -0.25) is 0 Å². The Labute approximate surface area is 129 Å². The quantitative estimate of drug-likeness (QED) is 0.737. The highest BCUT2D eigenvalue weighted by Crippen LogP contribution is 2.36. The monoisotopic (exact) mass is 324 g/mol. The molecule has 1 aromatic carbocycles. The molecule has 1 aromatic rings. The van der Waals surface area contributed by atoms with Gasteiger partial charge in [-0.25, -0.2) is 4.39 Å². The van der Waals surface area contributed by atoms with Crippen molar-refractivity contribution in [2.75, 3.05) is 7.11 Å². The molecule has 0 aromatic heterocycles. The lowest BCUT2D eigenvalue weighted by atomic mass is 9.84. The van der Waals surface area contributed by atoms with Crippen LogP contribution in [0.2, 0.25) is 0 Å². The minimum absolute atomic E-state index is 0.00975. The maximum absolute atomic E-state index is 13.7. The molecule has 6 heteroatoms. The average molecular weight is 324 g/mol. The smallest absolute Gasteiger partial charge is 0.406 e. The highest BCUT2D eigenvalue weighted by atomic mass is 19.4. The van der Waals surface area contributed by atoms with Gasteiger partial charge in [-0.15, -0.1) is 13.2 Å². The Balaban J connectivity index is 0.00000102. The highest BCUT2D eigenvalue weighted by Gasteiger charge is 2.31. The molecule has 2 rings (SSSR count). The predicted octanol–water partition coefficient (Wildman–Crippen LogP) is 5.41. The van der Waals surface area contributed by atoms with Crippen LogP contribution < -0.4 is 4.74 Å². The van der Waals surface area contributed by atoms with Gasteiger partial charge in [0.05, 0.1) is 0 Å². The zero-order chi connectivity index (χ0) is 17.2. The molecule has 0 saturated heterocycles. The van der Waals surface area contributed by atoms with Crippen molar-refractivity contribution >= 4 is 0 Å². The largest absolute Gasteiger partial charge is 0.573 e. The Bertz CT molecular complexity index is 413. The normalized spacial score (nSPS) is 15.1. The van der Waals surface area contributed by atoms with Crippen LogP contribution in [-0.4, -0.2) is 18.6 Å². The summed E-state index contributed by atoms with van der Waals surface area (Å²) in [6.07, 6.45) is 0.0141. The maximum Gasteiger partial charge on any atom is 0.573 e. The van der Waals surface area contributed by atoms with Gasteiger partial charge in [-0.2, -0.15) is 0 Å². The number of aliphatic hydroxyl groups excluding tert-OH is 1. The van der Waals surface area contributed by atoms with Gasteiger partial charge in [0.1, 0.15) is 11.6 Å². The summed E-state index contributed by atoms with van der Waals surface area (Å²) in [6.45, 7) is 4.00. The molecule has 1 fully saturated rings. The number of rotatable bonds is 2. The molecule has 22 heavy (non-hydrogen) atoms. The van der Waals surface area contributed by atoms with Crippen molar-refractivity contribution in [2.45, 2.75) is 58.2 Å². The van der Waals surface area contributed by atoms with Crippen molar-refractivity contribution in [3.63, 3.8) is 0 Å². The molecule has 1 aliphatic rings. The predicted molar refractivity (Wildman–Crippen MR) is 78.4 cm³/mol. The van der Waals surface area contributed by atoms with Crippen LogP contribution in [0.5, 0.6) is 5.75 Å². The van der Waals surface area contributed by atoms with Gasteiger partial charge in [0.2, 0.25) is 0 Å². The van der Waals surface area contributed by atoms with Gasteiger partial charge in [0, 0.05) is 7.11 Å². The van der Waals surface area contributed by atoms with Crippen LogP contribution >= 0.6 is 0 Å². The first-order chi connectivity index (χ1) is 10.5. The van der Waals surface area contributed by atoms with Crippen LogP contribution in [0.3, 0.4) is 0 Å². The van der Waals surface area contributed by atoms with Crippen molar-refractivity contribution in [2.24, 2.45) is 0 Å². The number of aliphatic hydroxyl groups is 1. The molecule has 2 nitrogen and oxygen atoms in total. The third kappa shape index (κ3) is 7.11. The minimum Gasteiger partial charge on any atom is -0.406 e. The molecule has 128 valence electrons. The van der Waals surface area contributed by atoms with Crippen molar-refractivity contribution in [3.8, 4) is 5.75 Å². The number of ether oxygens (including phenoxy) is 1. The molecular weight excluding hydrogens is 300 g/mol. The van der Waals surface area contributed by atoms with E-state index in [-0.39, 0.29) is 11.7 Å². The van der Waals surface area contributed by atoms with Gasteiger partial charge in [-0.05, 0) is 42.5 Å². The molecule has 0 heterocycles. The Morgan fingerprint density at radius 3 is 2.09 bits per heavy atom. The van der Waals surface area contributed by atoms with Crippen LogP contribution in [0.15, 0.2) is 18.2 Å². The fourth-order valence-electron chi connectivity index (χ4n) is 2.45. The topological polar surface area (TPSA) is 29.5 Å². The van der Waals surface area contributed by atoms with Crippen molar-refractivity contribution < 1.29 is 27.4 Å². The molecule has 0 spiro atoms. The SMILES string of the molecule is CC.CO.Fc1ccc(OC(F)(F)F)cc1C1CCCCC1. The second-order valence-corrected chi connectivity index (χ2v) is 4.57. The summed E-state index contributed by atoms with van der Waals surface area (Å²) in [6, 6.07) is 3.24. The fourth-order valence-corrected chi connectivity index (χ4v) is 2.45. The van der Waals surface area contributed by atoms with E-state index in [1.165, 1.54) is 6.07 Å². The summed E-state index contributed by atoms with van der Waals surface area (Å²) >= 11 is 0.